The first kappa shape index (κ1) is 12.2. The zero-order valence-corrected chi connectivity index (χ0v) is 10.6. The maximum atomic E-state index is 13.6. The van der Waals surface area contributed by atoms with Gasteiger partial charge in [0.25, 0.3) is 5.91 Å². The summed E-state index contributed by atoms with van der Waals surface area (Å²) in [5.74, 6) is -1.80. The Morgan fingerprint density at radius 2 is 2.16 bits per heavy atom. The van der Waals surface area contributed by atoms with Gasteiger partial charge in [-0.3, -0.25) is 4.79 Å². The molecule has 2 aromatic rings. The van der Waals surface area contributed by atoms with Crippen LogP contribution in [0.2, 0.25) is 0 Å². The van der Waals surface area contributed by atoms with E-state index < -0.39 is 17.5 Å². The van der Waals surface area contributed by atoms with Crippen molar-refractivity contribution < 1.29 is 13.6 Å². The molecule has 0 fully saturated rings. The summed E-state index contributed by atoms with van der Waals surface area (Å²) in [6, 6.07) is 3.85. The topological polar surface area (TPSA) is 56.0 Å². The van der Waals surface area contributed by atoms with Gasteiger partial charge in [0.1, 0.15) is 16.5 Å². The Hall–Kier alpha value is -1.82. The van der Waals surface area contributed by atoms with E-state index in [2.05, 4.69) is 4.37 Å². The van der Waals surface area contributed by atoms with Crippen molar-refractivity contribution >= 4 is 17.4 Å². The number of amides is 1. The molecule has 1 aliphatic carbocycles. The molecule has 1 aromatic heterocycles. The minimum Gasteiger partial charge on any atom is -0.365 e. The molecule has 2 N–H and O–H groups in total. The van der Waals surface area contributed by atoms with Crippen LogP contribution < -0.4 is 5.73 Å². The Balaban J connectivity index is 2.04. The van der Waals surface area contributed by atoms with E-state index in [1.165, 1.54) is 6.07 Å². The largest absolute Gasteiger partial charge is 0.365 e. The lowest BCUT2D eigenvalue weighted by molar-refractivity contribution is 0.100. The average molecular weight is 280 g/mol. The number of halogens is 2. The van der Waals surface area contributed by atoms with Crippen LogP contribution in [0.3, 0.4) is 0 Å². The summed E-state index contributed by atoms with van der Waals surface area (Å²) < 4.78 is 31.1. The number of hydrogen-bond acceptors (Lipinski definition) is 3. The van der Waals surface area contributed by atoms with Crippen LogP contribution in [0.25, 0.3) is 0 Å². The van der Waals surface area contributed by atoms with Crippen LogP contribution in [-0.2, 0) is 6.42 Å². The van der Waals surface area contributed by atoms with Gasteiger partial charge in [0.05, 0.1) is 5.69 Å². The second-order valence-corrected chi connectivity index (χ2v) is 5.33. The van der Waals surface area contributed by atoms with Gasteiger partial charge >= 0.3 is 0 Å². The lowest BCUT2D eigenvalue weighted by Gasteiger charge is -2.08. The van der Waals surface area contributed by atoms with Crippen LogP contribution in [0, 0.1) is 11.6 Å². The molecule has 3 nitrogen and oxygen atoms in total. The molecular formula is C13H10F2N2OS. The van der Waals surface area contributed by atoms with Gasteiger partial charge in [-0.2, -0.15) is 4.37 Å². The summed E-state index contributed by atoms with van der Waals surface area (Å²) in [7, 11) is 0. The molecule has 0 saturated heterocycles. The fourth-order valence-corrected chi connectivity index (χ4v) is 3.17. The fourth-order valence-electron chi connectivity index (χ4n) is 2.52. The summed E-state index contributed by atoms with van der Waals surface area (Å²) in [5.41, 5.74) is 7.00. The van der Waals surface area contributed by atoms with Crippen LogP contribution in [0.5, 0.6) is 0 Å². The van der Waals surface area contributed by atoms with Crippen molar-refractivity contribution in [3.05, 3.63) is 51.5 Å². The number of fused-ring (bicyclic) bond motifs is 1. The molecule has 1 aliphatic rings. The molecule has 0 saturated carbocycles. The monoisotopic (exact) mass is 280 g/mol. The van der Waals surface area contributed by atoms with E-state index >= 15 is 0 Å². The summed E-state index contributed by atoms with van der Waals surface area (Å²) in [6.45, 7) is 0. The minimum absolute atomic E-state index is 0.162. The van der Waals surface area contributed by atoms with Gasteiger partial charge in [0.15, 0.2) is 0 Å². The molecule has 0 spiro atoms. The van der Waals surface area contributed by atoms with Crippen LogP contribution in [0.1, 0.15) is 38.8 Å². The fraction of sp³-hybridized carbons (Fsp3) is 0.231. The molecular weight excluding hydrogens is 270 g/mol. The Bertz CT molecular complexity index is 669. The molecule has 1 aromatic carbocycles. The van der Waals surface area contributed by atoms with E-state index in [0.717, 1.165) is 17.6 Å². The highest BCUT2D eigenvalue weighted by molar-refractivity contribution is 7.08. The van der Waals surface area contributed by atoms with Crippen LogP contribution in [0.15, 0.2) is 18.2 Å². The molecule has 0 unspecified atom stereocenters. The molecule has 1 amide bonds. The van der Waals surface area contributed by atoms with E-state index in [9.17, 15) is 13.6 Å². The normalized spacial score (nSPS) is 17.5. The van der Waals surface area contributed by atoms with Gasteiger partial charge in [0, 0.05) is 12.0 Å². The van der Waals surface area contributed by atoms with E-state index in [1.807, 2.05) is 0 Å². The van der Waals surface area contributed by atoms with Gasteiger partial charge in [-0.15, -0.1) is 0 Å². The zero-order valence-electron chi connectivity index (χ0n) is 9.82. The number of benzene rings is 1. The second-order valence-electron chi connectivity index (χ2n) is 4.53. The summed E-state index contributed by atoms with van der Waals surface area (Å²) in [5, 5.41) is 0. The van der Waals surface area contributed by atoms with Gasteiger partial charge in [0.2, 0.25) is 0 Å². The molecule has 0 aliphatic heterocycles. The van der Waals surface area contributed by atoms with Crippen molar-refractivity contribution in [1.82, 2.24) is 4.37 Å². The first-order valence-corrected chi connectivity index (χ1v) is 6.58. The standard InChI is InChI=1S/C13H10F2N2OS/c14-6-3-9-7(10(15)4-6)1-2-8(9)11-5-12(13(16)18)19-17-11/h3-5,8H,1-2H2,(H2,16,18)/t8-/m1/s1. The van der Waals surface area contributed by atoms with Crippen molar-refractivity contribution in [2.24, 2.45) is 5.73 Å². The van der Waals surface area contributed by atoms with Crippen molar-refractivity contribution in [3.63, 3.8) is 0 Å². The Labute approximate surface area is 112 Å². The highest BCUT2D eigenvalue weighted by atomic mass is 32.1. The van der Waals surface area contributed by atoms with Gasteiger partial charge in [-0.1, -0.05) is 0 Å². The predicted octanol–water partition coefficient (Wildman–Crippen LogP) is 2.60. The number of primary amides is 1. The van der Waals surface area contributed by atoms with E-state index in [-0.39, 0.29) is 5.92 Å². The first-order chi connectivity index (χ1) is 9.06. The van der Waals surface area contributed by atoms with Crippen LogP contribution in [-0.4, -0.2) is 10.3 Å². The molecule has 19 heavy (non-hydrogen) atoms. The number of carbonyl (C=O) groups is 1. The van der Waals surface area contributed by atoms with E-state index in [1.54, 1.807) is 6.07 Å². The number of nitrogens with zero attached hydrogens (tertiary/aromatic N) is 1. The Morgan fingerprint density at radius 1 is 1.37 bits per heavy atom. The highest BCUT2D eigenvalue weighted by Crippen LogP contribution is 2.39. The predicted molar refractivity (Wildman–Crippen MR) is 67.2 cm³/mol. The SMILES string of the molecule is NC(=O)c1cc([C@@H]2CCc3c(F)cc(F)cc32)ns1. The molecule has 1 atom stereocenters. The van der Waals surface area contributed by atoms with Crippen molar-refractivity contribution in [1.29, 1.82) is 0 Å². The highest BCUT2D eigenvalue weighted by Gasteiger charge is 2.29. The Kier molecular flexibility index (Phi) is 2.82. The van der Waals surface area contributed by atoms with Gasteiger partial charge in [-0.25, -0.2) is 8.78 Å². The summed E-state index contributed by atoms with van der Waals surface area (Å²) in [6.07, 6.45) is 1.22. The quantitative estimate of drug-likeness (QED) is 0.919. The zero-order chi connectivity index (χ0) is 13.6. The smallest absolute Gasteiger partial charge is 0.260 e. The minimum atomic E-state index is -0.589. The number of hydrogen-bond donors (Lipinski definition) is 1. The number of carbonyl (C=O) groups excluding carboxylic acids is 1. The number of rotatable bonds is 2. The van der Waals surface area contributed by atoms with Gasteiger partial charge in [-0.05, 0) is 47.6 Å². The van der Waals surface area contributed by atoms with Crippen molar-refractivity contribution in [3.8, 4) is 0 Å². The van der Waals surface area contributed by atoms with Crippen molar-refractivity contribution in [2.45, 2.75) is 18.8 Å². The third-order valence-corrected chi connectivity index (χ3v) is 4.20. The molecule has 0 radical (unpaired) electrons. The third kappa shape index (κ3) is 2.02. The van der Waals surface area contributed by atoms with Gasteiger partial charge < -0.3 is 5.73 Å². The van der Waals surface area contributed by atoms with E-state index in [4.69, 9.17) is 5.73 Å². The maximum absolute atomic E-state index is 13.6. The molecule has 6 heteroatoms. The second kappa shape index (κ2) is 4.38. The van der Waals surface area contributed by atoms with Crippen LogP contribution >= 0.6 is 11.5 Å². The Morgan fingerprint density at radius 3 is 2.84 bits per heavy atom. The van der Waals surface area contributed by atoms with Crippen molar-refractivity contribution in [2.75, 3.05) is 0 Å². The first-order valence-electron chi connectivity index (χ1n) is 5.80. The summed E-state index contributed by atoms with van der Waals surface area (Å²) >= 11 is 1.02. The molecule has 3 rings (SSSR count). The third-order valence-electron chi connectivity index (χ3n) is 3.38. The lowest BCUT2D eigenvalue weighted by Crippen LogP contribution is -2.08. The molecule has 98 valence electrons. The lowest BCUT2D eigenvalue weighted by atomic mass is 9.97. The molecule has 0 bridgehead atoms. The average Bonchev–Trinajstić information content (AvgIpc) is 2.93. The van der Waals surface area contributed by atoms with Crippen LogP contribution in [0.4, 0.5) is 8.78 Å². The maximum Gasteiger partial charge on any atom is 0.260 e. The molecule has 1 heterocycles. The van der Waals surface area contributed by atoms with E-state index in [0.29, 0.717) is 34.5 Å². The number of nitrogens with two attached hydrogens (primary N) is 1. The number of aromatic nitrogens is 1. The summed E-state index contributed by atoms with van der Waals surface area (Å²) in [4.78, 5) is 11.4.